The zero-order valence-electron chi connectivity index (χ0n) is 22.9. The first-order chi connectivity index (χ1) is 19.4. The van der Waals surface area contributed by atoms with E-state index in [1.807, 2.05) is 4.90 Å². The summed E-state index contributed by atoms with van der Waals surface area (Å²) in [4.78, 5) is 33.5. The first kappa shape index (κ1) is 26.3. The fourth-order valence-corrected chi connectivity index (χ4v) is 6.02. The van der Waals surface area contributed by atoms with Gasteiger partial charge in [-0.25, -0.2) is 4.39 Å². The molecule has 0 spiro atoms. The van der Waals surface area contributed by atoms with Crippen molar-refractivity contribution in [3.8, 4) is 23.3 Å². The standard InChI is InChI=1S/C30H33FN6O3/c1-19(2)35-11-13-36(14-12-35)27-23(31)16-21-26-29(27)40-25-6-5-20(17-32)15-24(25)37(26)18-22(28(21)38)30(39)33-7-10-34-8-3-4-9-34/h5-6,15-16,18-19H,3-4,7-14H2,1-2H3,(H,33,39). The van der Waals surface area contributed by atoms with Gasteiger partial charge in [-0.2, -0.15) is 5.26 Å². The molecule has 3 aliphatic rings. The zero-order chi connectivity index (χ0) is 28.0. The van der Waals surface area contributed by atoms with E-state index in [0.29, 0.717) is 60.4 Å². The molecule has 1 aromatic heterocycles. The largest absolute Gasteiger partial charge is 0.451 e. The summed E-state index contributed by atoms with van der Waals surface area (Å²) in [5.74, 6) is -0.393. The Kier molecular flexibility index (Phi) is 6.94. The van der Waals surface area contributed by atoms with Crippen LogP contribution in [0.15, 0.2) is 35.3 Å². The molecule has 0 saturated carbocycles. The Morgan fingerprint density at radius 2 is 1.88 bits per heavy atom. The van der Waals surface area contributed by atoms with Gasteiger partial charge >= 0.3 is 0 Å². The molecule has 10 heteroatoms. The number of piperazine rings is 1. The Balaban J connectivity index is 1.45. The third-order valence-electron chi connectivity index (χ3n) is 8.25. The lowest BCUT2D eigenvalue weighted by Gasteiger charge is -2.39. The molecule has 1 N–H and O–H groups in total. The second-order valence-electron chi connectivity index (χ2n) is 11.0. The summed E-state index contributed by atoms with van der Waals surface area (Å²) in [6, 6.07) is 8.71. The number of ether oxygens (including phenoxy) is 1. The van der Waals surface area contributed by atoms with Crippen LogP contribution in [0.25, 0.3) is 16.6 Å². The third-order valence-corrected chi connectivity index (χ3v) is 8.25. The maximum Gasteiger partial charge on any atom is 0.256 e. The highest BCUT2D eigenvalue weighted by atomic mass is 19.1. The van der Waals surface area contributed by atoms with Crippen LogP contribution in [0, 0.1) is 17.1 Å². The number of likely N-dealkylation sites (tertiary alicyclic amines) is 1. The monoisotopic (exact) mass is 544 g/mol. The van der Waals surface area contributed by atoms with Crippen LogP contribution in [0.1, 0.15) is 42.6 Å². The van der Waals surface area contributed by atoms with Gasteiger partial charge in [-0.1, -0.05) is 0 Å². The molecule has 2 saturated heterocycles. The summed E-state index contributed by atoms with van der Waals surface area (Å²) in [7, 11) is 0. The number of rotatable bonds is 6. The minimum atomic E-state index is -0.562. The molecule has 0 radical (unpaired) electrons. The molecule has 208 valence electrons. The lowest BCUT2D eigenvalue weighted by atomic mass is 10.0. The molecule has 3 aromatic rings. The predicted molar refractivity (Wildman–Crippen MR) is 151 cm³/mol. The van der Waals surface area contributed by atoms with Gasteiger partial charge in [0.1, 0.15) is 16.8 Å². The SMILES string of the molecule is CC(C)N1CCN(c2c(F)cc3c(=O)c(C(=O)NCCN4CCCC4)cn4c3c2Oc2ccc(C#N)cc2-4)CC1. The minimum absolute atomic E-state index is 0.0669. The van der Waals surface area contributed by atoms with E-state index in [0.717, 1.165) is 39.0 Å². The van der Waals surface area contributed by atoms with Gasteiger partial charge in [0.05, 0.1) is 22.7 Å². The fourth-order valence-electron chi connectivity index (χ4n) is 6.02. The van der Waals surface area contributed by atoms with E-state index >= 15 is 4.39 Å². The van der Waals surface area contributed by atoms with Gasteiger partial charge in [-0.05, 0) is 64.0 Å². The molecule has 0 bridgehead atoms. The van der Waals surface area contributed by atoms with Crippen molar-refractivity contribution in [3.63, 3.8) is 0 Å². The van der Waals surface area contributed by atoms with Crippen LogP contribution < -0.4 is 20.4 Å². The molecule has 2 fully saturated rings. The molecule has 1 amide bonds. The highest BCUT2D eigenvalue weighted by Crippen LogP contribution is 2.46. The van der Waals surface area contributed by atoms with Crippen LogP contribution in [0.2, 0.25) is 0 Å². The first-order valence-corrected chi connectivity index (χ1v) is 14.0. The number of hydrogen-bond acceptors (Lipinski definition) is 7. The highest BCUT2D eigenvalue weighted by molar-refractivity contribution is 6.01. The number of pyridine rings is 1. The Morgan fingerprint density at radius 1 is 1.12 bits per heavy atom. The lowest BCUT2D eigenvalue weighted by molar-refractivity contribution is 0.0948. The average Bonchev–Trinajstić information content (AvgIpc) is 3.47. The molecular formula is C30H33FN6O3. The van der Waals surface area contributed by atoms with Gasteiger partial charge in [0.15, 0.2) is 17.3 Å². The summed E-state index contributed by atoms with van der Waals surface area (Å²) in [6.45, 7) is 10.2. The first-order valence-electron chi connectivity index (χ1n) is 14.0. The van der Waals surface area contributed by atoms with E-state index in [1.165, 1.54) is 12.3 Å². The van der Waals surface area contributed by atoms with Gasteiger partial charge in [0.2, 0.25) is 5.43 Å². The van der Waals surface area contributed by atoms with Crippen molar-refractivity contribution in [2.45, 2.75) is 32.7 Å². The molecule has 2 aromatic carbocycles. The smallest absolute Gasteiger partial charge is 0.256 e. The van der Waals surface area contributed by atoms with Crippen LogP contribution in [-0.4, -0.2) is 78.7 Å². The fraction of sp³-hybridized carbons (Fsp3) is 0.433. The molecule has 40 heavy (non-hydrogen) atoms. The normalized spacial score (nSPS) is 17.1. The maximum absolute atomic E-state index is 15.9. The number of carbonyl (C=O) groups excluding carboxylic acids is 1. The molecule has 0 unspecified atom stereocenters. The number of nitrogens with zero attached hydrogens (tertiary/aromatic N) is 5. The number of nitrogens with one attached hydrogen (secondary N) is 1. The maximum atomic E-state index is 15.9. The lowest BCUT2D eigenvalue weighted by Crippen LogP contribution is -2.49. The highest BCUT2D eigenvalue weighted by Gasteiger charge is 2.32. The molecule has 0 atom stereocenters. The molecule has 4 heterocycles. The summed E-state index contributed by atoms with van der Waals surface area (Å²) < 4.78 is 23.9. The van der Waals surface area contributed by atoms with Crippen LogP contribution in [0.4, 0.5) is 10.1 Å². The van der Waals surface area contributed by atoms with Crippen molar-refractivity contribution in [3.05, 3.63) is 57.6 Å². The number of aromatic nitrogens is 1. The molecule has 3 aliphatic heterocycles. The van der Waals surface area contributed by atoms with E-state index in [-0.39, 0.29) is 16.7 Å². The van der Waals surface area contributed by atoms with Crippen LogP contribution in [0.3, 0.4) is 0 Å². The average molecular weight is 545 g/mol. The van der Waals surface area contributed by atoms with Crippen molar-refractivity contribution in [1.82, 2.24) is 19.7 Å². The van der Waals surface area contributed by atoms with E-state index in [4.69, 9.17) is 4.74 Å². The number of fused-ring (bicyclic) bond motifs is 2. The summed E-state index contributed by atoms with van der Waals surface area (Å²) in [5, 5.41) is 12.5. The predicted octanol–water partition coefficient (Wildman–Crippen LogP) is 3.46. The quantitative estimate of drug-likeness (QED) is 0.397. The van der Waals surface area contributed by atoms with Crippen LogP contribution in [-0.2, 0) is 0 Å². The minimum Gasteiger partial charge on any atom is -0.451 e. The Bertz CT molecular complexity index is 1580. The molecule has 6 rings (SSSR count). The van der Waals surface area contributed by atoms with Crippen LogP contribution >= 0.6 is 0 Å². The third kappa shape index (κ3) is 4.59. The summed E-state index contributed by atoms with van der Waals surface area (Å²) in [5.41, 5.74) is 0.995. The number of hydrogen-bond donors (Lipinski definition) is 1. The number of benzene rings is 2. The number of carbonyl (C=O) groups is 1. The van der Waals surface area contributed by atoms with Crippen molar-refractivity contribution in [2.75, 3.05) is 57.3 Å². The Morgan fingerprint density at radius 3 is 2.58 bits per heavy atom. The zero-order valence-corrected chi connectivity index (χ0v) is 22.9. The van der Waals surface area contributed by atoms with Crippen LogP contribution in [0.5, 0.6) is 11.5 Å². The molecule has 9 nitrogen and oxygen atoms in total. The molecular weight excluding hydrogens is 511 g/mol. The van der Waals surface area contributed by atoms with Gasteiger partial charge in [-0.15, -0.1) is 0 Å². The second kappa shape index (κ2) is 10.6. The number of anilines is 1. The second-order valence-corrected chi connectivity index (χ2v) is 11.0. The number of halogens is 1. The molecule has 0 aliphatic carbocycles. The van der Waals surface area contributed by atoms with E-state index in [9.17, 15) is 14.9 Å². The van der Waals surface area contributed by atoms with E-state index < -0.39 is 17.2 Å². The van der Waals surface area contributed by atoms with Gasteiger partial charge in [0, 0.05) is 51.5 Å². The number of nitriles is 1. The Labute approximate surface area is 232 Å². The van der Waals surface area contributed by atoms with E-state index in [2.05, 4.69) is 35.0 Å². The summed E-state index contributed by atoms with van der Waals surface area (Å²) in [6.07, 6.45) is 3.80. The van der Waals surface area contributed by atoms with Gasteiger partial charge in [0.25, 0.3) is 5.91 Å². The Hall–Kier alpha value is -3.94. The number of amides is 1. The van der Waals surface area contributed by atoms with Crippen molar-refractivity contribution >= 4 is 22.5 Å². The van der Waals surface area contributed by atoms with Crippen molar-refractivity contribution in [1.29, 1.82) is 5.26 Å². The van der Waals surface area contributed by atoms with E-state index in [1.54, 1.807) is 22.8 Å². The van der Waals surface area contributed by atoms with Crippen molar-refractivity contribution in [2.24, 2.45) is 0 Å². The topological polar surface area (TPSA) is 93.8 Å². The van der Waals surface area contributed by atoms with Gasteiger partial charge < -0.3 is 24.4 Å². The summed E-state index contributed by atoms with van der Waals surface area (Å²) >= 11 is 0. The van der Waals surface area contributed by atoms with Crippen molar-refractivity contribution < 1.29 is 13.9 Å². The van der Waals surface area contributed by atoms with Gasteiger partial charge in [-0.3, -0.25) is 14.5 Å².